The molecule has 0 aromatic heterocycles. The molecule has 0 bridgehead atoms. The maximum absolute atomic E-state index is 12.2. The third kappa shape index (κ3) is 4.28. The number of hydrazone groups is 1. The van der Waals surface area contributed by atoms with Gasteiger partial charge in [0, 0.05) is 11.6 Å². The Morgan fingerprint density at radius 1 is 1.12 bits per heavy atom. The number of nitro groups is 1. The van der Waals surface area contributed by atoms with Crippen molar-refractivity contribution in [3.63, 3.8) is 0 Å². The van der Waals surface area contributed by atoms with Crippen molar-refractivity contribution in [3.05, 3.63) is 57.6 Å². The number of methoxy groups -OCH3 is 2. The van der Waals surface area contributed by atoms with Gasteiger partial charge in [-0.25, -0.2) is 4.83 Å². The molecule has 0 aliphatic rings. The summed E-state index contributed by atoms with van der Waals surface area (Å²) in [6, 6.07) is 8.56. The van der Waals surface area contributed by atoms with Crippen LogP contribution in [0.4, 0.5) is 5.69 Å². The number of nitrogens with one attached hydrogen (secondary N) is 1. The summed E-state index contributed by atoms with van der Waals surface area (Å²) < 4.78 is 34.7. The average Bonchev–Trinajstić information content (AvgIpc) is 2.61. The van der Waals surface area contributed by atoms with Crippen molar-refractivity contribution >= 4 is 21.9 Å². The van der Waals surface area contributed by atoms with E-state index in [0.717, 1.165) is 6.07 Å². The fraction of sp³-hybridized carbons (Fsp3) is 0.188. The van der Waals surface area contributed by atoms with Gasteiger partial charge in [-0.1, -0.05) is 6.07 Å². The maximum Gasteiger partial charge on any atom is 0.276 e. The van der Waals surface area contributed by atoms with Crippen LogP contribution in [0.25, 0.3) is 0 Å². The molecule has 0 amide bonds. The summed E-state index contributed by atoms with van der Waals surface area (Å²) >= 11 is 0. The molecule has 9 nitrogen and oxygen atoms in total. The molecule has 1 N–H and O–H groups in total. The van der Waals surface area contributed by atoms with E-state index in [9.17, 15) is 18.5 Å². The summed E-state index contributed by atoms with van der Waals surface area (Å²) in [6.07, 6.45) is 1.28. The van der Waals surface area contributed by atoms with E-state index in [1.54, 1.807) is 18.2 Å². The van der Waals surface area contributed by atoms with E-state index in [0.29, 0.717) is 22.6 Å². The highest BCUT2D eigenvalue weighted by Gasteiger charge is 2.19. The number of hydrogen-bond acceptors (Lipinski definition) is 7. The van der Waals surface area contributed by atoms with E-state index in [1.807, 2.05) is 4.83 Å². The minimum Gasteiger partial charge on any atom is -0.493 e. The number of nitrogens with zero attached hydrogens (tertiary/aromatic N) is 2. The van der Waals surface area contributed by atoms with E-state index >= 15 is 0 Å². The molecule has 26 heavy (non-hydrogen) atoms. The molecular weight excluding hydrogens is 362 g/mol. The highest BCUT2D eigenvalue weighted by molar-refractivity contribution is 7.89. The third-order valence-corrected chi connectivity index (χ3v) is 4.70. The second-order valence-electron chi connectivity index (χ2n) is 5.17. The highest BCUT2D eigenvalue weighted by Crippen LogP contribution is 2.27. The standard InChI is InChI=1S/C16H17N3O6S/c1-11-4-6-13(9-14(11)19(20)21)26(22,23)18-17-10-12-5-7-15(24-2)16(8-12)25-3/h4-10,18H,1-3H3/b17-10+. The molecule has 0 radical (unpaired) electrons. The zero-order valence-electron chi connectivity index (χ0n) is 14.3. The summed E-state index contributed by atoms with van der Waals surface area (Å²) in [6.45, 7) is 1.52. The number of nitro benzene ring substituents is 1. The lowest BCUT2D eigenvalue weighted by Crippen LogP contribution is -2.18. The Morgan fingerprint density at radius 3 is 2.42 bits per heavy atom. The van der Waals surface area contributed by atoms with Crippen molar-refractivity contribution in [3.8, 4) is 11.5 Å². The summed E-state index contributed by atoms with van der Waals surface area (Å²) in [5, 5.41) is 14.6. The first-order chi connectivity index (χ1) is 12.3. The van der Waals surface area contributed by atoms with Crippen LogP contribution >= 0.6 is 0 Å². The third-order valence-electron chi connectivity index (χ3n) is 3.48. The Balaban J connectivity index is 2.21. The maximum atomic E-state index is 12.2. The van der Waals surface area contributed by atoms with E-state index in [1.165, 1.54) is 39.5 Å². The number of aryl methyl sites for hydroxylation is 1. The molecule has 0 aliphatic heterocycles. The van der Waals surface area contributed by atoms with Gasteiger partial charge in [0.2, 0.25) is 0 Å². The van der Waals surface area contributed by atoms with Gasteiger partial charge in [-0.05, 0) is 36.8 Å². The number of benzene rings is 2. The zero-order chi connectivity index (χ0) is 19.3. The van der Waals surface area contributed by atoms with Crippen LogP contribution in [0.3, 0.4) is 0 Å². The zero-order valence-corrected chi connectivity index (χ0v) is 15.1. The Morgan fingerprint density at radius 2 is 1.81 bits per heavy atom. The van der Waals surface area contributed by atoms with Crippen LogP contribution in [0.1, 0.15) is 11.1 Å². The number of rotatable bonds is 7. The molecule has 0 atom stereocenters. The van der Waals surface area contributed by atoms with Crippen molar-refractivity contribution in [2.24, 2.45) is 5.10 Å². The fourth-order valence-corrected chi connectivity index (χ4v) is 2.92. The first kappa shape index (κ1) is 19.2. The first-order valence-electron chi connectivity index (χ1n) is 7.30. The molecule has 2 aromatic carbocycles. The van der Waals surface area contributed by atoms with Gasteiger partial charge in [-0.15, -0.1) is 0 Å². The van der Waals surface area contributed by atoms with Gasteiger partial charge >= 0.3 is 0 Å². The minimum atomic E-state index is -4.04. The van der Waals surface area contributed by atoms with Crippen LogP contribution < -0.4 is 14.3 Å². The van der Waals surface area contributed by atoms with Crippen molar-refractivity contribution < 1.29 is 22.8 Å². The molecule has 0 heterocycles. The number of ether oxygens (including phenoxy) is 2. The Labute approximate surface area is 150 Å². The molecule has 2 rings (SSSR count). The van der Waals surface area contributed by atoms with Gasteiger partial charge in [0.05, 0.1) is 30.3 Å². The molecule has 0 aliphatic carbocycles. The van der Waals surface area contributed by atoms with Crippen LogP contribution in [0.5, 0.6) is 11.5 Å². The summed E-state index contributed by atoms with van der Waals surface area (Å²) in [4.78, 5) is 12.1. The number of sulfonamides is 1. The molecule has 10 heteroatoms. The van der Waals surface area contributed by atoms with Crippen LogP contribution in [0, 0.1) is 17.0 Å². The minimum absolute atomic E-state index is 0.251. The Bertz CT molecular complexity index is 956. The molecule has 0 spiro atoms. The largest absolute Gasteiger partial charge is 0.493 e. The second-order valence-corrected chi connectivity index (χ2v) is 6.83. The van der Waals surface area contributed by atoms with Crippen molar-refractivity contribution in [2.75, 3.05) is 14.2 Å². The Hall–Kier alpha value is -3.14. The number of hydrogen-bond donors (Lipinski definition) is 1. The van der Waals surface area contributed by atoms with Gasteiger partial charge in [0.25, 0.3) is 15.7 Å². The van der Waals surface area contributed by atoms with Gasteiger partial charge in [-0.2, -0.15) is 13.5 Å². The molecule has 0 saturated carbocycles. The van der Waals surface area contributed by atoms with Crippen LogP contribution in [-0.4, -0.2) is 33.8 Å². The Kier molecular flexibility index (Phi) is 5.78. The van der Waals surface area contributed by atoms with Crippen molar-refractivity contribution in [1.82, 2.24) is 4.83 Å². The van der Waals surface area contributed by atoms with E-state index in [4.69, 9.17) is 9.47 Å². The van der Waals surface area contributed by atoms with Crippen LogP contribution in [0.2, 0.25) is 0 Å². The van der Waals surface area contributed by atoms with Gasteiger partial charge < -0.3 is 9.47 Å². The SMILES string of the molecule is COc1ccc(/C=N/NS(=O)(=O)c2ccc(C)c([N+](=O)[O-])c2)cc1OC. The van der Waals surface area contributed by atoms with Gasteiger partial charge in [0.1, 0.15) is 0 Å². The van der Waals surface area contributed by atoms with Crippen LogP contribution in [-0.2, 0) is 10.0 Å². The fourth-order valence-electron chi connectivity index (χ4n) is 2.11. The highest BCUT2D eigenvalue weighted by atomic mass is 32.2. The monoisotopic (exact) mass is 379 g/mol. The normalized spacial score (nSPS) is 11.3. The lowest BCUT2D eigenvalue weighted by molar-refractivity contribution is -0.385. The quantitative estimate of drug-likeness (QED) is 0.447. The van der Waals surface area contributed by atoms with Crippen molar-refractivity contribution in [2.45, 2.75) is 11.8 Å². The van der Waals surface area contributed by atoms with Crippen LogP contribution in [0.15, 0.2) is 46.4 Å². The lowest BCUT2D eigenvalue weighted by atomic mass is 10.2. The van der Waals surface area contributed by atoms with Crippen molar-refractivity contribution in [1.29, 1.82) is 0 Å². The molecule has 0 fully saturated rings. The average molecular weight is 379 g/mol. The van der Waals surface area contributed by atoms with E-state index in [2.05, 4.69) is 5.10 Å². The molecule has 0 unspecified atom stereocenters. The summed E-state index contributed by atoms with van der Waals surface area (Å²) in [5.41, 5.74) is 0.653. The molecule has 138 valence electrons. The van der Waals surface area contributed by atoms with E-state index in [-0.39, 0.29) is 10.6 Å². The molecule has 2 aromatic rings. The lowest BCUT2D eigenvalue weighted by Gasteiger charge is -2.07. The first-order valence-corrected chi connectivity index (χ1v) is 8.78. The smallest absolute Gasteiger partial charge is 0.276 e. The summed E-state index contributed by atoms with van der Waals surface area (Å²) in [7, 11) is -1.06. The van der Waals surface area contributed by atoms with Gasteiger partial charge in [0.15, 0.2) is 11.5 Å². The predicted molar refractivity (Wildman–Crippen MR) is 95.3 cm³/mol. The molecule has 0 saturated heterocycles. The van der Waals surface area contributed by atoms with Gasteiger partial charge in [-0.3, -0.25) is 10.1 Å². The summed E-state index contributed by atoms with van der Waals surface area (Å²) in [5.74, 6) is 0.991. The van der Waals surface area contributed by atoms with E-state index < -0.39 is 14.9 Å². The molecular formula is C16H17N3O6S. The second kappa shape index (κ2) is 7.83. The topological polar surface area (TPSA) is 120 Å². The predicted octanol–water partition coefficient (Wildman–Crippen LogP) is 2.23.